The molecule has 0 atom stereocenters. The van der Waals surface area contributed by atoms with E-state index in [1.54, 1.807) is 0 Å². The second-order valence-electron chi connectivity index (χ2n) is 13.6. The maximum absolute atomic E-state index is 13.9. The molecular weight excluding hydrogens is 424 g/mol. The second kappa shape index (κ2) is 10.9. The van der Waals surface area contributed by atoms with Gasteiger partial charge in [-0.2, -0.15) is 0 Å². The quantitative estimate of drug-likeness (QED) is 0.489. The molecule has 2 aliphatic rings. The molecule has 2 amide bonds. The van der Waals surface area contributed by atoms with Crippen LogP contribution in [-0.2, 0) is 9.59 Å². The number of nitrogens with one attached hydrogen (secondary N) is 2. The van der Waals surface area contributed by atoms with Gasteiger partial charge in [-0.15, -0.1) is 0 Å². The van der Waals surface area contributed by atoms with Crippen LogP contribution in [0.3, 0.4) is 0 Å². The maximum Gasteiger partial charge on any atom is 0.312 e. The molecule has 0 aromatic carbocycles. The van der Waals surface area contributed by atoms with Gasteiger partial charge in [-0.1, -0.05) is 26.7 Å². The van der Waals surface area contributed by atoms with Gasteiger partial charge in [0.1, 0.15) is 0 Å². The van der Waals surface area contributed by atoms with Gasteiger partial charge in [0.2, 0.25) is 0 Å². The number of piperidine rings is 2. The molecule has 2 aliphatic heterocycles. The Balaban J connectivity index is 2.34. The Morgan fingerprint density at radius 2 is 0.882 bits per heavy atom. The van der Waals surface area contributed by atoms with Gasteiger partial charge in [0, 0.05) is 47.3 Å². The summed E-state index contributed by atoms with van der Waals surface area (Å²) in [6, 6.07) is 0.145. The van der Waals surface area contributed by atoms with Crippen LogP contribution < -0.4 is 10.6 Å². The third-order valence-corrected chi connectivity index (χ3v) is 7.43. The van der Waals surface area contributed by atoms with E-state index < -0.39 is 0 Å². The Kier molecular flexibility index (Phi) is 9.29. The van der Waals surface area contributed by atoms with Crippen molar-refractivity contribution in [3.05, 3.63) is 0 Å². The molecule has 2 rings (SSSR count). The van der Waals surface area contributed by atoms with E-state index in [0.29, 0.717) is 13.1 Å². The SMILES string of the molecule is CCCCN(C(=O)C(=O)N(CCCC)C1CC(C)(C)NC(C)(C)C1)C1CC(C)(C)NC(C)(C)C1. The first kappa shape index (κ1) is 29.1. The Hall–Kier alpha value is -1.14. The third-order valence-electron chi connectivity index (χ3n) is 7.43. The van der Waals surface area contributed by atoms with Crippen LogP contribution in [0.15, 0.2) is 0 Å². The zero-order valence-corrected chi connectivity index (χ0v) is 23.9. The Morgan fingerprint density at radius 3 is 1.12 bits per heavy atom. The van der Waals surface area contributed by atoms with Crippen molar-refractivity contribution < 1.29 is 9.59 Å². The van der Waals surface area contributed by atoms with Crippen LogP contribution in [0.5, 0.6) is 0 Å². The van der Waals surface area contributed by atoms with E-state index in [2.05, 4.69) is 79.9 Å². The summed E-state index contributed by atoms with van der Waals surface area (Å²) in [6.45, 7) is 23.3. The number of nitrogens with zero attached hydrogens (tertiary/aromatic N) is 2. The zero-order chi connectivity index (χ0) is 25.9. The molecule has 2 N–H and O–H groups in total. The van der Waals surface area contributed by atoms with Crippen LogP contribution in [0, 0.1) is 0 Å². The van der Waals surface area contributed by atoms with E-state index in [4.69, 9.17) is 0 Å². The summed E-state index contributed by atoms with van der Waals surface area (Å²) in [4.78, 5) is 31.8. The lowest BCUT2D eigenvalue weighted by atomic mass is 9.78. The summed E-state index contributed by atoms with van der Waals surface area (Å²) in [6.07, 6.45) is 7.31. The smallest absolute Gasteiger partial charge is 0.312 e. The van der Waals surface area contributed by atoms with Crippen molar-refractivity contribution >= 4 is 11.8 Å². The average Bonchev–Trinajstić information content (AvgIpc) is 2.63. The van der Waals surface area contributed by atoms with Crippen molar-refractivity contribution in [3.8, 4) is 0 Å². The first-order valence-corrected chi connectivity index (χ1v) is 13.7. The lowest BCUT2D eigenvalue weighted by Gasteiger charge is -2.51. The van der Waals surface area contributed by atoms with Gasteiger partial charge in [0.15, 0.2) is 0 Å². The molecule has 0 aliphatic carbocycles. The van der Waals surface area contributed by atoms with Gasteiger partial charge in [-0.05, 0) is 93.9 Å². The normalized spacial score (nSPS) is 23.9. The van der Waals surface area contributed by atoms with Crippen molar-refractivity contribution in [1.82, 2.24) is 20.4 Å². The van der Waals surface area contributed by atoms with Crippen molar-refractivity contribution in [3.63, 3.8) is 0 Å². The molecule has 0 bridgehead atoms. The van der Waals surface area contributed by atoms with Crippen LogP contribution in [0.4, 0.5) is 0 Å². The van der Waals surface area contributed by atoms with E-state index in [0.717, 1.165) is 51.4 Å². The molecule has 0 unspecified atom stereocenters. The van der Waals surface area contributed by atoms with Crippen LogP contribution in [0.1, 0.15) is 121 Å². The van der Waals surface area contributed by atoms with Crippen molar-refractivity contribution in [2.45, 2.75) is 155 Å². The summed E-state index contributed by atoms with van der Waals surface area (Å²) in [7, 11) is 0. The van der Waals surface area contributed by atoms with Gasteiger partial charge in [-0.3, -0.25) is 9.59 Å². The lowest BCUT2D eigenvalue weighted by Crippen LogP contribution is -2.65. The van der Waals surface area contributed by atoms with Crippen LogP contribution >= 0.6 is 0 Å². The molecule has 2 fully saturated rings. The Morgan fingerprint density at radius 1 is 0.618 bits per heavy atom. The van der Waals surface area contributed by atoms with Gasteiger partial charge < -0.3 is 20.4 Å². The fraction of sp³-hybridized carbons (Fsp3) is 0.929. The number of carbonyl (C=O) groups is 2. The van der Waals surface area contributed by atoms with E-state index in [1.807, 2.05) is 9.80 Å². The summed E-state index contributed by atoms with van der Waals surface area (Å²) in [5, 5.41) is 7.44. The molecule has 2 heterocycles. The summed E-state index contributed by atoms with van der Waals surface area (Å²) >= 11 is 0. The highest BCUT2D eigenvalue weighted by Gasteiger charge is 2.45. The predicted molar refractivity (Wildman–Crippen MR) is 142 cm³/mol. The second-order valence-corrected chi connectivity index (χ2v) is 13.6. The largest absolute Gasteiger partial charge is 0.331 e. The highest BCUT2D eigenvalue weighted by atomic mass is 16.2. The summed E-state index contributed by atoms with van der Waals surface area (Å²) < 4.78 is 0. The van der Waals surface area contributed by atoms with Gasteiger partial charge in [0.25, 0.3) is 0 Å². The Labute approximate surface area is 210 Å². The van der Waals surface area contributed by atoms with E-state index in [-0.39, 0.29) is 46.1 Å². The molecule has 0 spiro atoms. The minimum Gasteiger partial charge on any atom is -0.331 e. The average molecular weight is 479 g/mol. The summed E-state index contributed by atoms with van der Waals surface area (Å²) in [5.74, 6) is -0.589. The van der Waals surface area contributed by atoms with Crippen molar-refractivity contribution in [2.75, 3.05) is 13.1 Å². The molecule has 34 heavy (non-hydrogen) atoms. The van der Waals surface area contributed by atoms with E-state index in [1.165, 1.54) is 0 Å². The predicted octanol–water partition coefficient (Wildman–Crippen LogP) is 4.86. The maximum atomic E-state index is 13.9. The minimum atomic E-state index is -0.294. The van der Waals surface area contributed by atoms with Crippen LogP contribution in [-0.4, -0.2) is 68.9 Å². The number of hydrogen-bond acceptors (Lipinski definition) is 4. The molecule has 0 saturated carbocycles. The molecule has 2 saturated heterocycles. The molecular formula is C28H54N4O2. The monoisotopic (exact) mass is 478 g/mol. The number of rotatable bonds is 8. The Bertz CT molecular complexity index is 621. The van der Waals surface area contributed by atoms with E-state index in [9.17, 15) is 9.59 Å². The summed E-state index contributed by atoms with van der Waals surface area (Å²) in [5.41, 5.74) is -0.313. The van der Waals surface area contributed by atoms with Crippen molar-refractivity contribution in [1.29, 1.82) is 0 Å². The van der Waals surface area contributed by atoms with Gasteiger partial charge >= 0.3 is 11.8 Å². The van der Waals surface area contributed by atoms with Gasteiger partial charge in [0.05, 0.1) is 0 Å². The fourth-order valence-electron chi connectivity index (χ4n) is 6.78. The fourth-order valence-corrected chi connectivity index (χ4v) is 6.78. The molecule has 6 nitrogen and oxygen atoms in total. The number of carbonyl (C=O) groups excluding carboxylic acids is 2. The number of unbranched alkanes of at least 4 members (excludes halogenated alkanes) is 2. The van der Waals surface area contributed by atoms with Crippen LogP contribution in [0.25, 0.3) is 0 Å². The number of amides is 2. The first-order valence-electron chi connectivity index (χ1n) is 13.7. The standard InChI is InChI=1S/C28H54N4O2/c1-11-13-15-31(21-17-25(3,4)29-26(5,6)18-21)23(33)24(34)32(16-14-12-2)22-19-27(7,8)30-28(9,10)20-22/h21-22,29-30H,11-20H2,1-10H3. The molecule has 0 aromatic heterocycles. The highest BCUT2D eigenvalue weighted by Crippen LogP contribution is 2.34. The lowest BCUT2D eigenvalue weighted by molar-refractivity contribution is -0.157. The van der Waals surface area contributed by atoms with E-state index >= 15 is 0 Å². The molecule has 6 heteroatoms. The highest BCUT2D eigenvalue weighted by molar-refractivity contribution is 6.35. The third kappa shape index (κ3) is 7.94. The molecule has 0 radical (unpaired) electrons. The first-order chi connectivity index (χ1) is 15.5. The minimum absolute atomic E-state index is 0.0724. The van der Waals surface area contributed by atoms with Crippen LogP contribution in [0.2, 0.25) is 0 Å². The zero-order valence-electron chi connectivity index (χ0n) is 23.9. The van der Waals surface area contributed by atoms with Crippen molar-refractivity contribution in [2.24, 2.45) is 0 Å². The number of hydrogen-bond donors (Lipinski definition) is 2. The molecule has 0 aromatic rings. The van der Waals surface area contributed by atoms with Gasteiger partial charge in [-0.25, -0.2) is 0 Å². The topological polar surface area (TPSA) is 64.7 Å². The molecule has 198 valence electrons.